The molecule has 1 aliphatic heterocycles. The van der Waals surface area contributed by atoms with Crippen molar-refractivity contribution in [1.82, 2.24) is 20.9 Å². The van der Waals surface area contributed by atoms with Crippen LogP contribution in [-0.2, 0) is 36.8 Å². The Labute approximate surface area is 268 Å². The second-order valence-corrected chi connectivity index (χ2v) is 12.9. The van der Waals surface area contributed by atoms with Crippen LogP contribution in [0.1, 0.15) is 77.8 Å². The molecule has 0 spiro atoms. The number of rotatable bonds is 13. The first-order valence-corrected chi connectivity index (χ1v) is 16.0. The van der Waals surface area contributed by atoms with Gasteiger partial charge in [0.2, 0.25) is 17.6 Å². The van der Waals surface area contributed by atoms with E-state index in [1.165, 1.54) is 17.4 Å². The van der Waals surface area contributed by atoms with Gasteiger partial charge >= 0.3 is 6.09 Å². The molecule has 248 valence electrons. The van der Waals surface area contributed by atoms with Gasteiger partial charge in [0.1, 0.15) is 12.1 Å². The van der Waals surface area contributed by atoms with Crippen LogP contribution in [0, 0.1) is 11.3 Å². The molecule has 3 N–H and O–H groups in total. The quantitative estimate of drug-likeness (QED) is 0.222. The fraction of sp³-hybridized carbons (Fsp3) is 0.571. The molecule has 2 aliphatic rings. The monoisotopic (exact) mass is 624 g/mol. The molecule has 4 amide bonds. The molecule has 1 heterocycles. The van der Waals surface area contributed by atoms with Gasteiger partial charge in [-0.05, 0) is 61.0 Å². The number of Topliss-reactive ketones (excluding diaryl/α,β-unsaturated/α-hetero) is 1. The summed E-state index contributed by atoms with van der Waals surface area (Å²) in [6.07, 6.45) is 6.42. The van der Waals surface area contributed by atoms with Crippen molar-refractivity contribution in [3.05, 3.63) is 60.7 Å². The van der Waals surface area contributed by atoms with Crippen LogP contribution in [0.15, 0.2) is 49.6 Å². The molecule has 10 heteroatoms. The third-order valence-electron chi connectivity index (χ3n) is 7.49. The Morgan fingerprint density at radius 1 is 1.02 bits per heavy atom. The number of allylic oxidation sites excluding steroid dienone is 1. The summed E-state index contributed by atoms with van der Waals surface area (Å²) in [4.78, 5) is 67.1. The summed E-state index contributed by atoms with van der Waals surface area (Å²) < 4.78 is 5.44. The number of carbonyl (C=O) groups excluding carboxylic acids is 5. The Bertz CT molecular complexity index is 1180. The number of alkyl carbamates (subject to hydrolysis) is 1. The fourth-order valence-corrected chi connectivity index (χ4v) is 5.37. The molecule has 45 heavy (non-hydrogen) atoms. The maximum Gasteiger partial charge on any atom is 0.407 e. The maximum atomic E-state index is 14.1. The van der Waals surface area contributed by atoms with E-state index in [4.69, 9.17) is 4.74 Å². The van der Waals surface area contributed by atoms with E-state index in [2.05, 4.69) is 43.0 Å². The summed E-state index contributed by atoms with van der Waals surface area (Å²) in [6.45, 7) is 17.9. The summed E-state index contributed by atoms with van der Waals surface area (Å²) in [5, 5.41) is 7.97. The molecule has 1 fully saturated rings. The van der Waals surface area contributed by atoms with Crippen molar-refractivity contribution in [2.24, 2.45) is 11.3 Å². The predicted molar refractivity (Wildman–Crippen MR) is 175 cm³/mol. The van der Waals surface area contributed by atoms with Crippen molar-refractivity contribution < 1.29 is 28.7 Å². The number of likely N-dealkylation sites (tertiary alicyclic amines) is 1. The van der Waals surface area contributed by atoms with Gasteiger partial charge in [-0.25, -0.2) is 4.79 Å². The molecular formula is C35H52N4O6. The second-order valence-electron chi connectivity index (χ2n) is 12.9. The Balaban J connectivity index is 0.00000226. The minimum atomic E-state index is -1.07. The average Bonchev–Trinajstić information content (AvgIpc) is 3.67. The summed E-state index contributed by atoms with van der Waals surface area (Å²) in [5.74, 6) is -2.67. The van der Waals surface area contributed by atoms with E-state index in [1.807, 2.05) is 45.0 Å². The molecule has 1 aliphatic carbocycles. The van der Waals surface area contributed by atoms with Gasteiger partial charge in [-0.3, -0.25) is 19.2 Å². The van der Waals surface area contributed by atoms with Gasteiger partial charge in [-0.2, -0.15) is 0 Å². The largest absolute Gasteiger partial charge is 0.449 e. The third kappa shape index (κ3) is 11.5. The smallest absolute Gasteiger partial charge is 0.407 e. The summed E-state index contributed by atoms with van der Waals surface area (Å²) in [6, 6.07) is 5.13. The van der Waals surface area contributed by atoms with Crippen LogP contribution in [0.25, 0.3) is 0 Å². The maximum absolute atomic E-state index is 14.1. The molecule has 1 aromatic carbocycles. The van der Waals surface area contributed by atoms with Gasteiger partial charge in [-0.15, -0.1) is 13.2 Å². The average molecular weight is 625 g/mol. The zero-order valence-corrected chi connectivity index (χ0v) is 27.7. The molecule has 0 saturated carbocycles. The van der Waals surface area contributed by atoms with Crippen molar-refractivity contribution in [2.75, 3.05) is 19.7 Å². The number of benzene rings is 1. The molecule has 1 aromatic rings. The zero-order valence-electron chi connectivity index (χ0n) is 27.7. The molecule has 0 bridgehead atoms. The van der Waals surface area contributed by atoms with Crippen LogP contribution >= 0.6 is 0 Å². The summed E-state index contributed by atoms with van der Waals surface area (Å²) >= 11 is 0. The molecule has 10 nitrogen and oxygen atoms in total. The van der Waals surface area contributed by atoms with E-state index in [-0.39, 0.29) is 36.8 Å². The number of amides is 4. The lowest BCUT2D eigenvalue weighted by Gasteiger charge is -2.32. The van der Waals surface area contributed by atoms with Crippen LogP contribution in [0.5, 0.6) is 0 Å². The molecular weight excluding hydrogens is 572 g/mol. The van der Waals surface area contributed by atoms with Gasteiger partial charge in [0.15, 0.2) is 0 Å². The Morgan fingerprint density at radius 2 is 1.64 bits per heavy atom. The van der Waals surface area contributed by atoms with E-state index in [0.717, 1.165) is 11.1 Å². The highest BCUT2D eigenvalue weighted by Gasteiger charge is 2.43. The van der Waals surface area contributed by atoms with E-state index >= 15 is 0 Å². The van der Waals surface area contributed by atoms with E-state index in [0.29, 0.717) is 38.6 Å². The van der Waals surface area contributed by atoms with Gasteiger partial charge in [0, 0.05) is 13.1 Å². The standard InChI is InChI=1S/C32H44N4O6.C3H8/c1-6-8-14-24(27(37)29(39)33-16-7-2)34-28(38)25-15-11-17-36(25)30(40)26(35-31(41)42-20-32(3,4)5)23-18-21-12-9-10-13-22(21)19-23;1-3-2/h6-7,9-10,12-13,23-26H,1-2,8,11,14-20H2,3-5H3,(H,33,39)(H,34,38)(H,35,41);3H2,1-2H3/t24?,25-,26-;/m0./s1. The molecule has 1 unspecified atom stereocenters. The number of carbonyl (C=O) groups is 5. The van der Waals surface area contributed by atoms with Gasteiger partial charge in [-0.1, -0.05) is 77.5 Å². The van der Waals surface area contributed by atoms with Crippen molar-refractivity contribution in [3.8, 4) is 0 Å². The van der Waals surface area contributed by atoms with E-state index in [1.54, 1.807) is 6.08 Å². The lowest BCUT2D eigenvalue weighted by Crippen LogP contribution is -2.58. The second kappa shape index (κ2) is 18.1. The topological polar surface area (TPSA) is 134 Å². The molecule has 3 rings (SSSR count). The third-order valence-corrected chi connectivity index (χ3v) is 7.49. The van der Waals surface area contributed by atoms with E-state index < -0.39 is 41.8 Å². The first kappa shape index (κ1) is 37.2. The number of ketones is 1. The van der Waals surface area contributed by atoms with E-state index in [9.17, 15) is 24.0 Å². The fourth-order valence-electron chi connectivity index (χ4n) is 5.37. The number of ether oxygens (including phenoxy) is 1. The molecule has 0 aromatic heterocycles. The Morgan fingerprint density at radius 3 is 2.20 bits per heavy atom. The number of hydrogen-bond donors (Lipinski definition) is 3. The van der Waals surface area contributed by atoms with Crippen molar-refractivity contribution in [3.63, 3.8) is 0 Å². The Hall–Kier alpha value is -3.95. The van der Waals surface area contributed by atoms with Crippen LogP contribution in [-0.4, -0.2) is 72.3 Å². The normalized spacial score (nSPS) is 17.1. The van der Waals surface area contributed by atoms with Gasteiger partial charge in [0.05, 0.1) is 12.6 Å². The van der Waals surface area contributed by atoms with Crippen molar-refractivity contribution >= 4 is 29.6 Å². The molecule has 3 atom stereocenters. The van der Waals surface area contributed by atoms with Crippen LogP contribution in [0.2, 0.25) is 0 Å². The first-order valence-electron chi connectivity index (χ1n) is 16.0. The van der Waals surface area contributed by atoms with Crippen LogP contribution in [0.3, 0.4) is 0 Å². The lowest BCUT2D eigenvalue weighted by atomic mass is 9.95. The van der Waals surface area contributed by atoms with Gasteiger partial charge < -0.3 is 25.6 Å². The van der Waals surface area contributed by atoms with Crippen LogP contribution < -0.4 is 16.0 Å². The number of nitrogens with zero attached hydrogens (tertiary/aromatic N) is 1. The number of nitrogens with one attached hydrogen (secondary N) is 3. The first-order chi connectivity index (χ1) is 21.4. The summed E-state index contributed by atoms with van der Waals surface area (Å²) in [7, 11) is 0. The van der Waals surface area contributed by atoms with Crippen LogP contribution in [0.4, 0.5) is 4.79 Å². The van der Waals surface area contributed by atoms with Crippen molar-refractivity contribution in [1.29, 1.82) is 0 Å². The number of hydrogen-bond acceptors (Lipinski definition) is 6. The minimum Gasteiger partial charge on any atom is -0.449 e. The summed E-state index contributed by atoms with van der Waals surface area (Å²) in [5.41, 5.74) is 2.00. The highest BCUT2D eigenvalue weighted by molar-refractivity contribution is 6.38. The highest BCUT2D eigenvalue weighted by Crippen LogP contribution is 2.31. The highest BCUT2D eigenvalue weighted by atomic mass is 16.5. The lowest BCUT2D eigenvalue weighted by molar-refractivity contribution is -0.143. The predicted octanol–water partition coefficient (Wildman–Crippen LogP) is 4.27. The molecule has 1 saturated heterocycles. The van der Waals surface area contributed by atoms with Gasteiger partial charge in [0.25, 0.3) is 5.91 Å². The zero-order chi connectivity index (χ0) is 33.6. The SMILES string of the molecule is C=CCCC(NC(=O)[C@@H]1CCCN1C(=O)[C@@H](NC(=O)OCC(C)(C)C)C1Cc2ccccc2C1)C(=O)C(=O)NCC=C.CCC. The number of fused-ring (bicyclic) bond motifs is 1. The van der Waals surface area contributed by atoms with Crippen molar-refractivity contribution in [2.45, 2.75) is 97.7 Å². The Kier molecular flexibility index (Phi) is 15.0. The minimum absolute atomic E-state index is 0.120. The molecule has 0 radical (unpaired) electrons.